The van der Waals surface area contributed by atoms with E-state index in [0.29, 0.717) is 10.6 Å². The second kappa shape index (κ2) is 3.49. The first-order valence-corrected chi connectivity index (χ1v) is 4.54. The second-order valence-electron chi connectivity index (χ2n) is 2.33. The zero-order valence-corrected chi connectivity index (χ0v) is 7.43. The summed E-state index contributed by atoms with van der Waals surface area (Å²) >= 11 is 0. The average Bonchev–Trinajstić information content (AvgIpc) is 2.03. The van der Waals surface area contributed by atoms with Crippen molar-refractivity contribution in [2.24, 2.45) is 0 Å². The van der Waals surface area contributed by atoms with E-state index in [1.165, 1.54) is 13.0 Å². The number of anilines is 1. The minimum Gasteiger partial charge on any atom is -0.399 e. The highest BCUT2D eigenvalue weighted by molar-refractivity contribution is 8.00. The summed E-state index contributed by atoms with van der Waals surface area (Å²) in [5.41, 5.74) is 5.97. The van der Waals surface area contributed by atoms with Gasteiger partial charge >= 0.3 is 0 Å². The summed E-state index contributed by atoms with van der Waals surface area (Å²) in [4.78, 5) is 11.2. The Labute approximate surface area is 73.0 Å². The van der Waals surface area contributed by atoms with Crippen LogP contribution in [-0.4, -0.2) is 9.32 Å². The average molecular weight is 183 g/mol. The summed E-state index contributed by atoms with van der Waals surface area (Å²) in [6.45, 7) is 1.29. The van der Waals surface area contributed by atoms with Gasteiger partial charge in [-0.25, -0.2) is 4.21 Å². The Bertz CT molecular complexity index is 336. The smallest absolute Gasteiger partial charge is 0.220 e. The fraction of sp³-hybridized carbons (Fsp3) is 0.125. The molecule has 0 spiro atoms. The van der Waals surface area contributed by atoms with Gasteiger partial charge in [0.1, 0.15) is 10.8 Å². The number of nitrogen functional groups attached to an aromatic ring is 1. The van der Waals surface area contributed by atoms with E-state index in [2.05, 4.69) is 0 Å². The molecule has 3 nitrogen and oxygen atoms in total. The van der Waals surface area contributed by atoms with Crippen LogP contribution in [-0.2, 0) is 15.6 Å². The van der Waals surface area contributed by atoms with Gasteiger partial charge in [-0.15, -0.1) is 0 Å². The molecule has 1 aromatic carbocycles. The zero-order chi connectivity index (χ0) is 9.14. The minimum atomic E-state index is -1.56. The van der Waals surface area contributed by atoms with Gasteiger partial charge < -0.3 is 5.73 Å². The normalized spacial score (nSPS) is 12.4. The van der Waals surface area contributed by atoms with E-state index in [1.807, 2.05) is 0 Å². The van der Waals surface area contributed by atoms with Gasteiger partial charge in [-0.1, -0.05) is 6.07 Å². The predicted molar refractivity (Wildman–Crippen MR) is 47.9 cm³/mol. The molecular formula is C8H9NO2S. The summed E-state index contributed by atoms with van der Waals surface area (Å²) in [6, 6.07) is 6.51. The molecule has 0 aliphatic heterocycles. The van der Waals surface area contributed by atoms with Gasteiger partial charge in [-0.2, -0.15) is 0 Å². The van der Waals surface area contributed by atoms with Crippen molar-refractivity contribution in [2.45, 2.75) is 11.8 Å². The molecule has 0 aromatic heterocycles. The quantitative estimate of drug-likeness (QED) is 0.659. The maximum Gasteiger partial charge on any atom is 0.220 e. The largest absolute Gasteiger partial charge is 0.399 e. The predicted octanol–water partition coefficient (Wildman–Crippen LogP) is 0.923. The fourth-order valence-electron chi connectivity index (χ4n) is 0.796. The van der Waals surface area contributed by atoms with E-state index >= 15 is 0 Å². The van der Waals surface area contributed by atoms with Crippen LogP contribution in [0.15, 0.2) is 29.2 Å². The van der Waals surface area contributed by atoms with Crippen molar-refractivity contribution in [1.82, 2.24) is 0 Å². The third-order valence-electron chi connectivity index (χ3n) is 1.33. The Kier molecular flexibility index (Phi) is 2.60. The second-order valence-corrected chi connectivity index (χ2v) is 3.92. The Morgan fingerprint density at radius 3 is 2.67 bits per heavy atom. The summed E-state index contributed by atoms with van der Waals surface area (Å²) in [6.07, 6.45) is 0. The zero-order valence-electron chi connectivity index (χ0n) is 6.61. The van der Waals surface area contributed by atoms with Crippen LogP contribution in [0.5, 0.6) is 0 Å². The highest BCUT2D eigenvalue weighted by atomic mass is 32.2. The van der Waals surface area contributed by atoms with Crippen molar-refractivity contribution in [1.29, 1.82) is 0 Å². The van der Waals surface area contributed by atoms with Crippen LogP contribution in [0.2, 0.25) is 0 Å². The lowest BCUT2D eigenvalue weighted by Gasteiger charge is -1.97. The maximum atomic E-state index is 11.2. The number of hydrogen-bond acceptors (Lipinski definition) is 3. The van der Waals surface area contributed by atoms with Crippen LogP contribution in [0.25, 0.3) is 0 Å². The molecule has 0 saturated carbocycles. The number of benzene rings is 1. The molecule has 0 fully saturated rings. The van der Waals surface area contributed by atoms with Crippen LogP contribution < -0.4 is 5.73 Å². The first-order chi connectivity index (χ1) is 5.61. The number of rotatable bonds is 1. The molecule has 0 heterocycles. The van der Waals surface area contributed by atoms with Crippen LogP contribution in [0.1, 0.15) is 6.92 Å². The number of carbonyl (C=O) groups excluding carboxylic acids is 1. The van der Waals surface area contributed by atoms with Gasteiger partial charge in [-0.3, -0.25) is 4.79 Å². The van der Waals surface area contributed by atoms with Crippen molar-refractivity contribution in [2.75, 3.05) is 5.73 Å². The van der Waals surface area contributed by atoms with Gasteiger partial charge in [-0.05, 0) is 18.2 Å². The first-order valence-electron chi connectivity index (χ1n) is 3.39. The van der Waals surface area contributed by atoms with Crippen LogP contribution in [0.3, 0.4) is 0 Å². The Hall–Kier alpha value is -1.16. The van der Waals surface area contributed by atoms with E-state index in [1.54, 1.807) is 18.2 Å². The van der Waals surface area contributed by atoms with Crippen LogP contribution in [0, 0.1) is 0 Å². The molecule has 1 unspecified atom stereocenters. The maximum absolute atomic E-state index is 11.2. The van der Waals surface area contributed by atoms with Crippen molar-refractivity contribution in [3.05, 3.63) is 24.3 Å². The van der Waals surface area contributed by atoms with Crippen molar-refractivity contribution in [3.8, 4) is 0 Å². The third-order valence-corrected chi connectivity index (χ3v) is 2.54. The molecule has 0 amide bonds. The summed E-state index contributed by atoms with van der Waals surface area (Å²) in [5, 5.41) is -0.361. The molecule has 1 atom stereocenters. The SMILES string of the molecule is CC(=O)S(=O)c1cccc(N)c1. The highest BCUT2D eigenvalue weighted by Crippen LogP contribution is 2.11. The van der Waals surface area contributed by atoms with Gasteiger partial charge in [0, 0.05) is 17.5 Å². The summed E-state index contributed by atoms with van der Waals surface area (Å²) < 4.78 is 11.2. The van der Waals surface area contributed by atoms with E-state index in [0.717, 1.165) is 0 Å². The molecular weight excluding hydrogens is 174 g/mol. The van der Waals surface area contributed by atoms with Crippen LogP contribution >= 0.6 is 0 Å². The van der Waals surface area contributed by atoms with Crippen molar-refractivity contribution < 1.29 is 9.00 Å². The minimum absolute atomic E-state index is 0.361. The monoisotopic (exact) mass is 183 g/mol. The fourth-order valence-corrected chi connectivity index (χ4v) is 1.57. The third kappa shape index (κ3) is 1.92. The molecule has 0 radical (unpaired) electrons. The Morgan fingerprint density at radius 2 is 2.17 bits per heavy atom. The van der Waals surface area contributed by atoms with Gasteiger partial charge in [0.15, 0.2) is 0 Å². The van der Waals surface area contributed by atoms with Gasteiger partial charge in [0.25, 0.3) is 0 Å². The topological polar surface area (TPSA) is 60.2 Å². The van der Waals surface area contributed by atoms with E-state index in [-0.39, 0.29) is 5.12 Å². The summed E-state index contributed by atoms with van der Waals surface area (Å²) in [7, 11) is -1.56. The lowest BCUT2D eigenvalue weighted by Crippen LogP contribution is -2.02. The Balaban J connectivity index is 3.04. The van der Waals surface area contributed by atoms with Crippen molar-refractivity contribution >= 4 is 21.6 Å². The number of hydrogen-bond donors (Lipinski definition) is 1. The molecule has 0 aliphatic rings. The lowest BCUT2D eigenvalue weighted by atomic mass is 10.3. The summed E-state index contributed by atoms with van der Waals surface area (Å²) in [5.74, 6) is 0. The number of nitrogens with two attached hydrogens (primary N) is 1. The standard InChI is InChI=1S/C8H9NO2S/c1-6(10)12(11)8-4-2-3-7(9)5-8/h2-5H,9H2,1H3. The molecule has 2 N–H and O–H groups in total. The molecule has 0 bridgehead atoms. The van der Waals surface area contributed by atoms with Crippen molar-refractivity contribution in [3.63, 3.8) is 0 Å². The molecule has 1 rings (SSSR count). The van der Waals surface area contributed by atoms with Gasteiger partial charge in [0.2, 0.25) is 5.12 Å². The lowest BCUT2D eigenvalue weighted by molar-refractivity contribution is -0.109. The van der Waals surface area contributed by atoms with Gasteiger partial charge in [0.05, 0.1) is 0 Å². The molecule has 12 heavy (non-hydrogen) atoms. The van der Waals surface area contributed by atoms with E-state index < -0.39 is 10.8 Å². The molecule has 4 heteroatoms. The Morgan fingerprint density at radius 1 is 1.50 bits per heavy atom. The first kappa shape index (κ1) is 8.93. The van der Waals surface area contributed by atoms with E-state index in [4.69, 9.17) is 5.73 Å². The molecule has 64 valence electrons. The highest BCUT2D eigenvalue weighted by Gasteiger charge is 2.07. The molecule has 0 aliphatic carbocycles. The van der Waals surface area contributed by atoms with Crippen LogP contribution in [0.4, 0.5) is 5.69 Å². The molecule has 1 aromatic rings. The number of carbonyl (C=O) groups is 1. The molecule has 0 saturated heterocycles. The van der Waals surface area contributed by atoms with E-state index in [9.17, 15) is 9.00 Å².